The summed E-state index contributed by atoms with van der Waals surface area (Å²) in [5.41, 5.74) is 4.06. The third-order valence-electron chi connectivity index (χ3n) is 6.49. The van der Waals surface area contributed by atoms with E-state index >= 15 is 0 Å². The maximum absolute atomic E-state index is 13.0. The fourth-order valence-electron chi connectivity index (χ4n) is 4.08. The molecule has 2 aromatic carbocycles. The third-order valence-corrected chi connectivity index (χ3v) is 7.34. The minimum absolute atomic E-state index is 0.0150. The molecule has 0 unspecified atom stereocenters. The SMILES string of the molecule is Cc1ccc(/C=C/C(=O)NC2(C)CCN(C)CC2)cc1Br.O=CNCCc1c[nH]c2ccc(F)cc12. The number of amides is 2. The maximum atomic E-state index is 13.0. The number of carbonyl (C=O) groups is 2. The van der Waals surface area contributed by atoms with Gasteiger partial charge in [-0.25, -0.2) is 4.39 Å². The smallest absolute Gasteiger partial charge is 0.244 e. The number of hydrogen-bond acceptors (Lipinski definition) is 3. The van der Waals surface area contributed by atoms with Crippen molar-refractivity contribution in [1.82, 2.24) is 20.5 Å². The number of carbonyl (C=O) groups excluding carboxylic acids is 2. The number of aromatic amines is 1. The molecule has 1 aliphatic heterocycles. The van der Waals surface area contributed by atoms with E-state index < -0.39 is 0 Å². The number of piperidine rings is 1. The van der Waals surface area contributed by atoms with E-state index in [0.717, 1.165) is 52.4 Å². The number of aromatic nitrogens is 1. The molecule has 192 valence electrons. The van der Waals surface area contributed by atoms with Crippen LogP contribution in [0.2, 0.25) is 0 Å². The van der Waals surface area contributed by atoms with E-state index in [9.17, 15) is 14.0 Å². The molecule has 0 saturated carbocycles. The summed E-state index contributed by atoms with van der Waals surface area (Å²) in [5.74, 6) is -0.259. The largest absolute Gasteiger partial charge is 0.361 e. The third kappa shape index (κ3) is 8.03. The molecule has 2 heterocycles. The van der Waals surface area contributed by atoms with Gasteiger partial charge in [0.15, 0.2) is 0 Å². The molecule has 3 N–H and O–H groups in total. The molecular weight excluding hydrogens is 523 g/mol. The van der Waals surface area contributed by atoms with Crippen LogP contribution in [0.25, 0.3) is 17.0 Å². The van der Waals surface area contributed by atoms with E-state index in [1.54, 1.807) is 12.1 Å². The summed E-state index contributed by atoms with van der Waals surface area (Å²) in [7, 11) is 2.12. The second-order valence-electron chi connectivity index (χ2n) is 9.52. The summed E-state index contributed by atoms with van der Waals surface area (Å²) < 4.78 is 14.1. The molecule has 1 aliphatic rings. The number of rotatable bonds is 7. The van der Waals surface area contributed by atoms with Gasteiger partial charge in [-0.05, 0) is 87.2 Å². The van der Waals surface area contributed by atoms with Crippen molar-refractivity contribution in [2.45, 2.75) is 38.6 Å². The zero-order chi connectivity index (χ0) is 26.1. The number of fused-ring (bicyclic) bond motifs is 1. The lowest BCUT2D eigenvalue weighted by Crippen LogP contribution is -2.52. The van der Waals surface area contributed by atoms with Crippen molar-refractivity contribution in [2.24, 2.45) is 0 Å². The quantitative estimate of drug-likeness (QED) is 0.218. The molecule has 1 aromatic heterocycles. The number of halogens is 2. The molecule has 36 heavy (non-hydrogen) atoms. The van der Waals surface area contributed by atoms with Crippen LogP contribution in [0.15, 0.2) is 53.1 Å². The van der Waals surface area contributed by atoms with Crippen LogP contribution in [0.3, 0.4) is 0 Å². The van der Waals surface area contributed by atoms with Crippen molar-refractivity contribution in [3.05, 3.63) is 75.7 Å². The molecule has 0 atom stereocenters. The predicted octanol–water partition coefficient (Wildman–Crippen LogP) is 4.97. The lowest BCUT2D eigenvalue weighted by molar-refractivity contribution is -0.118. The van der Waals surface area contributed by atoms with Gasteiger partial charge in [-0.15, -0.1) is 0 Å². The normalized spacial score (nSPS) is 15.4. The Hall–Kier alpha value is -2.97. The fraction of sp³-hybridized carbons (Fsp3) is 0.357. The highest BCUT2D eigenvalue weighted by Gasteiger charge is 2.29. The van der Waals surface area contributed by atoms with Crippen molar-refractivity contribution in [3.8, 4) is 0 Å². The van der Waals surface area contributed by atoms with Gasteiger partial charge in [-0.2, -0.15) is 0 Å². The van der Waals surface area contributed by atoms with Crippen molar-refractivity contribution in [2.75, 3.05) is 26.7 Å². The van der Waals surface area contributed by atoms with Crippen molar-refractivity contribution < 1.29 is 14.0 Å². The van der Waals surface area contributed by atoms with E-state index in [1.165, 1.54) is 17.7 Å². The number of nitrogens with zero attached hydrogens (tertiary/aromatic N) is 1. The van der Waals surface area contributed by atoms with Gasteiger partial charge in [0.1, 0.15) is 5.82 Å². The number of H-pyrrole nitrogens is 1. The topological polar surface area (TPSA) is 77.2 Å². The Balaban J connectivity index is 0.000000212. The molecule has 6 nitrogen and oxygen atoms in total. The molecule has 8 heteroatoms. The van der Waals surface area contributed by atoms with E-state index in [1.807, 2.05) is 37.4 Å². The van der Waals surface area contributed by atoms with Crippen LogP contribution in [0, 0.1) is 12.7 Å². The van der Waals surface area contributed by atoms with E-state index in [-0.39, 0.29) is 17.3 Å². The van der Waals surface area contributed by atoms with Gasteiger partial charge in [0.05, 0.1) is 0 Å². The number of hydrogen-bond donors (Lipinski definition) is 3. The summed E-state index contributed by atoms with van der Waals surface area (Å²) >= 11 is 3.51. The van der Waals surface area contributed by atoms with Crippen molar-refractivity contribution >= 4 is 45.2 Å². The molecule has 0 aliphatic carbocycles. The highest BCUT2D eigenvalue weighted by atomic mass is 79.9. The van der Waals surface area contributed by atoms with Gasteiger partial charge in [-0.3, -0.25) is 9.59 Å². The standard InChI is InChI=1S/C17H23BrN2O.C11H11FN2O/c1-13-4-5-14(12-15(13)18)6-7-16(21)19-17(2)8-10-20(3)11-9-17;12-9-1-2-11-10(5-9)8(6-14-11)3-4-13-7-15/h4-7,12H,8-11H2,1-3H3,(H,19,21);1-2,5-7,14H,3-4H2,(H,13,15)/b7-6+;. The van der Waals surface area contributed by atoms with Crippen LogP contribution in [-0.2, 0) is 16.0 Å². The van der Waals surface area contributed by atoms with Crippen LogP contribution in [0.4, 0.5) is 4.39 Å². The first kappa shape index (κ1) is 27.6. The summed E-state index contributed by atoms with van der Waals surface area (Å²) in [6.07, 6.45) is 8.69. The Kier molecular flexibility index (Phi) is 9.84. The van der Waals surface area contributed by atoms with E-state index in [4.69, 9.17) is 0 Å². The lowest BCUT2D eigenvalue weighted by Gasteiger charge is -2.38. The van der Waals surface area contributed by atoms with E-state index in [2.05, 4.69) is 50.4 Å². The number of likely N-dealkylation sites (tertiary alicyclic amines) is 1. The first-order valence-electron chi connectivity index (χ1n) is 12.1. The minimum atomic E-state index is -0.244. The molecule has 1 saturated heterocycles. The molecule has 1 fully saturated rings. The van der Waals surface area contributed by atoms with Crippen LogP contribution in [-0.4, -0.2) is 54.4 Å². The predicted molar refractivity (Wildman–Crippen MR) is 147 cm³/mol. The summed E-state index contributed by atoms with van der Waals surface area (Å²) in [5, 5.41) is 6.60. The molecule has 2 amide bonds. The highest BCUT2D eigenvalue weighted by Crippen LogP contribution is 2.22. The second kappa shape index (κ2) is 12.8. The summed E-state index contributed by atoms with van der Waals surface area (Å²) in [4.78, 5) is 27.5. The Morgan fingerprint density at radius 2 is 1.97 bits per heavy atom. The van der Waals surface area contributed by atoms with Crippen LogP contribution in [0.1, 0.15) is 36.5 Å². The minimum Gasteiger partial charge on any atom is -0.361 e. The zero-order valence-electron chi connectivity index (χ0n) is 21.0. The first-order valence-corrected chi connectivity index (χ1v) is 12.9. The maximum Gasteiger partial charge on any atom is 0.244 e. The Morgan fingerprint density at radius 1 is 1.22 bits per heavy atom. The average Bonchev–Trinajstić information content (AvgIpc) is 3.24. The summed E-state index contributed by atoms with van der Waals surface area (Å²) in [6, 6.07) is 10.7. The van der Waals surface area contributed by atoms with Crippen molar-refractivity contribution in [1.29, 1.82) is 0 Å². The number of aryl methyl sites for hydroxylation is 1. The molecule has 0 radical (unpaired) electrons. The second-order valence-corrected chi connectivity index (χ2v) is 10.4. The Morgan fingerprint density at radius 3 is 2.67 bits per heavy atom. The van der Waals surface area contributed by atoms with Crippen LogP contribution < -0.4 is 10.6 Å². The molecular formula is C28H34BrFN4O2. The highest BCUT2D eigenvalue weighted by molar-refractivity contribution is 9.10. The zero-order valence-corrected chi connectivity index (χ0v) is 22.6. The molecule has 3 aromatic rings. The molecule has 0 spiro atoms. The lowest BCUT2D eigenvalue weighted by atomic mass is 9.90. The average molecular weight is 558 g/mol. The molecule has 0 bridgehead atoms. The van der Waals surface area contributed by atoms with Gasteiger partial charge in [-0.1, -0.05) is 28.1 Å². The van der Waals surface area contributed by atoms with Gasteiger partial charge in [0, 0.05) is 52.8 Å². The Bertz CT molecular complexity index is 1220. The number of benzene rings is 2. The molecule has 4 rings (SSSR count). The Labute approximate surface area is 220 Å². The van der Waals surface area contributed by atoms with Gasteiger partial charge >= 0.3 is 0 Å². The summed E-state index contributed by atoms with van der Waals surface area (Å²) in [6.45, 7) is 6.81. The van der Waals surface area contributed by atoms with Gasteiger partial charge in [0.25, 0.3) is 0 Å². The first-order chi connectivity index (χ1) is 17.2. The van der Waals surface area contributed by atoms with Crippen LogP contribution in [0.5, 0.6) is 0 Å². The fourth-order valence-corrected chi connectivity index (χ4v) is 4.48. The van der Waals surface area contributed by atoms with Gasteiger partial charge in [0.2, 0.25) is 12.3 Å². The van der Waals surface area contributed by atoms with Gasteiger partial charge < -0.3 is 20.5 Å². The van der Waals surface area contributed by atoms with E-state index in [0.29, 0.717) is 19.4 Å². The monoisotopic (exact) mass is 556 g/mol. The number of nitrogens with one attached hydrogen (secondary N) is 3. The van der Waals surface area contributed by atoms with Crippen molar-refractivity contribution in [3.63, 3.8) is 0 Å². The van der Waals surface area contributed by atoms with Crippen LogP contribution >= 0.6 is 15.9 Å².